The summed E-state index contributed by atoms with van der Waals surface area (Å²) in [7, 11) is 0. The standard InChI is InChI=1S/C11H14F2N2O2S/c1-2-7-8(18-6-14-7)15-9(16)11(12,13)10(17)4-3-5-10/h6,17H,2-5H2,1H3,(H,15,16). The van der Waals surface area contributed by atoms with Crippen LogP contribution < -0.4 is 5.32 Å². The summed E-state index contributed by atoms with van der Waals surface area (Å²) >= 11 is 1.10. The molecule has 1 aliphatic carbocycles. The summed E-state index contributed by atoms with van der Waals surface area (Å²) in [6.45, 7) is 1.82. The summed E-state index contributed by atoms with van der Waals surface area (Å²) in [5.74, 6) is -5.22. The molecule has 0 radical (unpaired) electrons. The summed E-state index contributed by atoms with van der Waals surface area (Å²) in [4.78, 5) is 15.6. The van der Waals surface area contributed by atoms with Crippen LogP contribution in [0, 0.1) is 0 Å². The van der Waals surface area contributed by atoms with E-state index in [4.69, 9.17) is 0 Å². The quantitative estimate of drug-likeness (QED) is 0.886. The number of carbonyl (C=O) groups is 1. The normalized spacial score (nSPS) is 18.2. The fourth-order valence-corrected chi connectivity index (χ4v) is 2.61. The van der Waals surface area contributed by atoms with Crippen LogP contribution in [0.1, 0.15) is 31.9 Å². The van der Waals surface area contributed by atoms with Crippen LogP contribution in [0.5, 0.6) is 0 Å². The van der Waals surface area contributed by atoms with E-state index in [1.165, 1.54) is 5.51 Å². The van der Waals surface area contributed by atoms with Crippen LogP contribution >= 0.6 is 11.3 Å². The zero-order valence-corrected chi connectivity index (χ0v) is 10.7. The van der Waals surface area contributed by atoms with Gasteiger partial charge in [-0.2, -0.15) is 8.78 Å². The predicted octanol–water partition coefficient (Wildman–Crippen LogP) is 2.19. The van der Waals surface area contributed by atoms with Crippen LogP contribution in [-0.2, 0) is 11.2 Å². The molecule has 1 amide bonds. The molecule has 0 aromatic carbocycles. The number of carbonyl (C=O) groups excluding carboxylic acids is 1. The summed E-state index contributed by atoms with van der Waals surface area (Å²) < 4.78 is 27.6. The molecule has 0 saturated heterocycles. The second-order valence-corrected chi connectivity index (χ2v) is 5.25. The number of alkyl halides is 2. The Morgan fingerprint density at radius 2 is 2.33 bits per heavy atom. The minimum absolute atomic E-state index is 0.0449. The Hall–Kier alpha value is -1.08. The molecule has 0 bridgehead atoms. The van der Waals surface area contributed by atoms with Crippen LogP contribution in [0.2, 0.25) is 0 Å². The number of nitrogens with zero attached hydrogens (tertiary/aromatic N) is 1. The van der Waals surface area contributed by atoms with Gasteiger partial charge in [-0.15, -0.1) is 11.3 Å². The number of amides is 1. The van der Waals surface area contributed by atoms with Gasteiger partial charge < -0.3 is 10.4 Å². The van der Waals surface area contributed by atoms with Gasteiger partial charge in [0.15, 0.2) is 0 Å². The van der Waals surface area contributed by atoms with Crippen LogP contribution in [0.4, 0.5) is 13.8 Å². The molecule has 18 heavy (non-hydrogen) atoms. The Morgan fingerprint density at radius 3 is 2.83 bits per heavy atom. The molecular formula is C11H14F2N2O2S. The number of thiazole rings is 1. The molecule has 100 valence electrons. The third-order valence-corrected chi connectivity index (χ3v) is 4.04. The van der Waals surface area contributed by atoms with Crippen LogP contribution in [0.3, 0.4) is 0 Å². The summed E-state index contributed by atoms with van der Waals surface area (Å²) in [6.07, 6.45) is 0.975. The topological polar surface area (TPSA) is 62.2 Å². The lowest BCUT2D eigenvalue weighted by atomic mass is 9.75. The van der Waals surface area contributed by atoms with Gasteiger partial charge in [0.2, 0.25) is 0 Å². The lowest BCUT2D eigenvalue weighted by Gasteiger charge is -2.41. The van der Waals surface area contributed by atoms with Crippen LogP contribution in [0.25, 0.3) is 0 Å². The molecule has 0 aliphatic heterocycles. The molecule has 2 rings (SSSR count). The van der Waals surface area contributed by atoms with E-state index in [-0.39, 0.29) is 12.8 Å². The van der Waals surface area contributed by atoms with Gasteiger partial charge in [-0.1, -0.05) is 6.92 Å². The molecule has 0 spiro atoms. The minimum atomic E-state index is -3.76. The average molecular weight is 276 g/mol. The van der Waals surface area contributed by atoms with Gasteiger partial charge in [0.25, 0.3) is 5.91 Å². The number of rotatable bonds is 4. The molecule has 0 atom stereocenters. The van der Waals surface area contributed by atoms with Crippen molar-refractivity contribution in [2.24, 2.45) is 0 Å². The molecule has 2 N–H and O–H groups in total. The molecule has 1 heterocycles. The van der Waals surface area contributed by atoms with Crippen molar-refractivity contribution in [3.8, 4) is 0 Å². The van der Waals surface area contributed by atoms with Gasteiger partial charge in [0.05, 0.1) is 11.2 Å². The first-order chi connectivity index (χ1) is 8.40. The van der Waals surface area contributed by atoms with E-state index >= 15 is 0 Å². The number of aliphatic hydroxyl groups is 1. The van der Waals surface area contributed by atoms with E-state index < -0.39 is 17.4 Å². The Bertz CT molecular complexity index is 458. The second-order valence-electron chi connectivity index (χ2n) is 4.40. The number of aryl methyl sites for hydroxylation is 1. The molecule has 0 unspecified atom stereocenters. The lowest BCUT2D eigenvalue weighted by Crippen LogP contribution is -2.59. The SMILES string of the molecule is CCc1ncsc1NC(=O)C(F)(F)C1(O)CCC1. The van der Waals surface area contributed by atoms with Gasteiger partial charge >= 0.3 is 5.92 Å². The van der Waals surface area contributed by atoms with E-state index in [0.29, 0.717) is 23.5 Å². The first-order valence-corrected chi connectivity index (χ1v) is 6.62. The van der Waals surface area contributed by atoms with Gasteiger partial charge in [0, 0.05) is 0 Å². The fourth-order valence-electron chi connectivity index (χ4n) is 1.84. The summed E-state index contributed by atoms with van der Waals surface area (Å²) in [5, 5.41) is 12.1. The Kier molecular flexibility index (Phi) is 3.37. The number of halogens is 2. The first kappa shape index (κ1) is 13.4. The van der Waals surface area contributed by atoms with Crippen molar-refractivity contribution in [1.82, 2.24) is 4.98 Å². The highest BCUT2D eigenvalue weighted by Gasteiger charge is 2.61. The molecule has 1 aliphatic rings. The van der Waals surface area contributed by atoms with E-state index in [2.05, 4.69) is 10.3 Å². The Morgan fingerprint density at radius 1 is 1.67 bits per heavy atom. The average Bonchev–Trinajstić information content (AvgIpc) is 2.72. The highest BCUT2D eigenvalue weighted by molar-refractivity contribution is 7.14. The highest BCUT2D eigenvalue weighted by Crippen LogP contribution is 2.44. The highest BCUT2D eigenvalue weighted by atomic mass is 32.1. The first-order valence-electron chi connectivity index (χ1n) is 5.75. The molecular weight excluding hydrogens is 262 g/mol. The van der Waals surface area contributed by atoms with Crippen molar-refractivity contribution in [2.45, 2.75) is 44.1 Å². The minimum Gasteiger partial charge on any atom is -0.383 e. The van der Waals surface area contributed by atoms with Crippen molar-refractivity contribution in [3.05, 3.63) is 11.2 Å². The van der Waals surface area contributed by atoms with E-state index in [9.17, 15) is 18.7 Å². The number of nitrogens with one attached hydrogen (secondary N) is 1. The Balaban J connectivity index is 2.12. The second kappa shape index (κ2) is 4.55. The van der Waals surface area contributed by atoms with Crippen molar-refractivity contribution >= 4 is 22.2 Å². The largest absolute Gasteiger partial charge is 0.383 e. The molecule has 1 fully saturated rings. The molecule has 1 aromatic rings. The fraction of sp³-hybridized carbons (Fsp3) is 0.636. The molecule has 1 aromatic heterocycles. The van der Waals surface area contributed by atoms with Crippen molar-refractivity contribution in [2.75, 3.05) is 5.32 Å². The van der Waals surface area contributed by atoms with Crippen molar-refractivity contribution in [1.29, 1.82) is 0 Å². The molecule has 4 nitrogen and oxygen atoms in total. The number of anilines is 1. The van der Waals surface area contributed by atoms with Crippen molar-refractivity contribution < 1.29 is 18.7 Å². The monoisotopic (exact) mass is 276 g/mol. The van der Waals surface area contributed by atoms with Gasteiger partial charge in [-0.05, 0) is 25.7 Å². The van der Waals surface area contributed by atoms with Gasteiger partial charge in [-0.25, -0.2) is 4.98 Å². The van der Waals surface area contributed by atoms with E-state index in [0.717, 1.165) is 11.3 Å². The predicted molar refractivity (Wildman–Crippen MR) is 63.9 cm³/mol. The Labute approximate surface area is 107 Å². The van der Waals surface area contributed by atoms with Crippen LogP contribution in [0.15, 0.2) is 5.51 Å². The number of hydrogen-bond donors (Lipinski definition) is 2. The summed E-state index contributed by atoms with van der Waals surface area (Å²) in [6, 6.07) is 0. The smallest absolute Gasteiger partial charge is 0.352 e. The lowest BCUT2D eigenvalue weighted by molar-refractivity contribution is -0.211. The maximum atomic E-state index is 13.8. The molecule has 7 heteroatoms. The third kappa shape index (κ3) is 2.01. The van der Waals surface area contributed by atoms with E-state index in [1.807, 2.05) is 6.92 Å². The number of hydrogen-bond acceptors (Lipinski definition) is 4. The van der Waals surface area contributed by atoms with E-state index in [1.54, 1.807) is 0 Å². The number of aromatic nitrogens is 1. The van der Waals surface area contributed by atoms with Crippen LogP contribution in [-0.4, -0.2) is 27.5 Å². The third-order valence-electron chi connectivity index (χ3n) is 3.25. The van der Waals surface area contributed by atoms with Gasteiger partial charge in [-0.3, -0.25) is 4.79 Å². The zero-order valence-electron chi connectivity index (χ0n) is 9.87. The maximum absolute atomic E-state index is 13.8. The molecule has 1 saturated carbocycles. The zero-order chi connectivity index (χ0) is 13.4. The summed E-state index contributed by atoms with van der Waals surface area (Å²) in [5.41, 5.74) is -0.122. The van der Waals surface area contributed by atoms with Gasteiger partial charge in [0.1, 0.15) is 10.6 Å². The van der Waals surface area contributed by atoms with Crippen molar-refractivity contribution in [3.63, 3.8) is 0 Å². The maximum Gasteiger partial charge on any atom is 0.352 e.